The molecule has 0 aliphatic carbocycles. The van der Waals surface area contributed by atoms with E-state index in [1.165, 1.54) is 12.1 Å². The second kappa shape index (κ2) is 9.75. The molecular weight excluding hydrogens is 245 g/mol. The highest BCUT2D eigenvalue weighted by Crippen LogP contribution is 2.17. The van der Waals surface area contributed by atoms with Gasteiger partial charge < -0.3 is 15.2 Å². The SMILES string of the molecule is CCCNCc1cc(F)cc(OCCCCCO)c1. The minimum atomic E-state index is -0.263. The van der Waals surface area contributed by atoms with Gasteiger partial charge in [0.2, 0.25) is 0 Å². The van der Waals surface area contributed by atoms with E-state index in [9.17, 15) is 4.39 Å². The van der Waals surface area contributed by atoms with Gasteiger partial charge in [-0.2, -0.15) is 0 Å². The van der Waals surface area contributed by atoms with Gasteiger partial charge in [-0.1, -0.05) is 6.92 Å². The molecule has 0 heterocycles. The van der Waals surface area contributed by atoms with Gasteiger partial charge in [0.05, 0.1) is 6.61 Å². The van der Waals surface area contributed by atoms with E-state index >= 15 is 0 Å². The fourth-order valence-corrected chi connectivity index (χ4v) is 1.80. The third-order valence-electron chi connectivity index (χ3n) is 2.76. The number of hydrogen-bond donors (Lipinski definition) is 2. The normalized spacial score (nSPS) is 10.7. The fourth-order valence-electron chi connectivity index (χ4n) is 1.80. The Morgan fingerprint density at radius 1 is 1.21 bits per heavy atom. The van der Waals surface area contributed by atoms with E-state index in [-0.39, 0.29) is 12.4 Å². The van der Waals surface area contributed by atoms with Crippen LogP contribution in [0.5, 0.6) is 5.75 Å². The monoisotopic (exact) mass is 269 g/mol. The minimum absolute atomic E-state index is 0.215. The molecule has 0 atom stereocenters. The van der Waals surface area contributed by atoms with Crippen LogP contribution in [0.15, 0.2) is 18.2 Å². The highest BCUT2D eigenvalue weighted by molar-refractivity contribution is 5.29. The fraction of sp³-hybridized carbons (Fsp3) is 0.600. The molecule has 0 fully saturated rings. The zero-order valence-electron chi connectivity index (χ0n) is 11.6. The second-order valence-corrected chi connectivity index (χ2v) is 4.60. The molecule has 1 aromatic carbocycles. The molecule has 4 heteroatoms. The molecule has 2 N–H and O–H groups in total. The van der Waals surface area contributed by atoms with Gasteiger partial charge >= 0.3 is 0 Å². The Bertz CT molecular complexity index is 358. The summed E-state index contributed by atoms with van der Waals surface area (Å²) in [5.74, 6) is 0.318. The maximum atomic E-state index is 13.4. The average Bonchev–Trinajstić information content (AvgIpc) is 2.38. The largest absolute Gasteiger partial charge is 0.493 e. The zero-order chi connectivity index (χ0) is 13.9. The first-order chi connectivity index (χ1) is 9.26. The van der Waals surface area contributed by atoms with Gasteiger partial charge in [-0.15, -0.1) is 0 Å². The predicted octanol–water partition coefficient (Wildman–Crippen LogP) is 2.87. The Hall–Kier alpha value is -1.13. The number of ether oxygens (including phenoxy) is 1. The molecule has 3 nitrogen and oxygen atoms in total. The van der Waals surface area contributed by atoms with Crippen molar-refractivity contribution in [1.82, 2.24) is 5.32 Å². The highest BCUT2D eigenvalue weighted by atomic mass is 19.1. The van der Waals surface area contributed by atoms with Crippen molar-refractivity contribution in [2.45, 2.75) is 39.2 Å². The highest BCUT2D eigenvalue weighted by Gasteiger charge is 2.02. The van der Waals surface area contributed by atoms with Crippen molar-refractivity contribution in [1.29, 1.82) is 0 Å². The lowest BCUT2D eigenvalue weighted by molar-refractivity contribution is 0.265. The molecule has 0 saturated carbocycles. The summed E-state index contributed by atoms with van der Waals surface area (Å²) in [6.45, 7) is 4.46. The maximum Gasteiger partial charge on any atom is 0.127 e. The molecule has 1 aromatic rings. The number of halogens is 1. The number of aliphatic hydroxyl groups excluding tert-OH is 1. The van der Waals surface area contributed by atoms with E-state index in [0.717, 1.165) is 37.8 Å². The Kier molecular flexibility index (Phi) is 8.18. The summed E-state index contributed by atoms with van der Waals surface area (Å²) in [4.78, 5) is 0. The second-order valence-electron chi connectivity index (χ2n) is 4.60. The van der Waals surface area contributed by atoms with Gasteiger partial charge in [-0.25, -0.2) is 4.39 Å². The zero-order valence-corrected chi connectivity index (χ0v) is 11.6. The number of rotatable bonds is 10. The molecule has 0 saturated heterocycles. The van der Waals surface area contributed by atoms with Crippen molar-refractivity contribution in [2.24, 2.45) is 0 Å². The van der Waals surface area contributed by atoms with E-state index in [1.807, 2.05) is 6.07 Å². The van der Waals surface area contributed by atoms with Crippen molar-refractivity contribution in [3.05, 3.63) is 29.6 Å². The first-order valence-corrected chi connectivity index (χ1v) is 7.00. The Balaban J connectivity index is 2.39. The van der Waals surface area contributed by atoms with Gasteiger partial charge in [0, 0.05) is 19.2 Å². The van der Waals surface area contributed by atoms with Crippen LogP contribution < -0.4 is 10.1 Å². The molecule has 0 aromatic heterocycles. The van der Waals surface area contributed by atoms with Crippen LogP contribution in [-0.2, 0) is 6.54 Å². The van der Waals surface area contributed by atoms with E-state index < -0.39 is 0 Å². The maximum absolute atomic E-state index is 13.4. The third-order valence-corrected chi connectivity index (χ3v) is 2.76. The summed E-state index contributed by atoms with van der Waals surface area (Å²) in [7, 11) is 0. The Morgan fingerprint density at radius 3 is 2.79 bits per heavy atom. The number of benzene rings is 1. The average molecular weight is 269 g/mol. The molecule has 1 rings (SSSR count). The third kappa shape index (κ3) is 7.13. The molecule has 108 valence electrons. The number of hydrogen-bond acceptors (Lipinski definition) is 3. The molecule has 0 amide bonds. The first kappa shape index (κ1) is 15.9. The topological polar surface area (TPSA) is 41.5 Å². The lowest BCUT2D eigenvalue weighted by Crippen LogP contribution is -2.14. The van der Waals surface area contributed by atoms with Crippen LogP contribution in [0.25, 0.3) is 0 Å². The van der Waals surface area contributed by atoms with Crippen molar-refractivity contribution < 1.29 is 14.2 Å². The molecule has 0 aliphatic heterocycles. The van der Waals surface area contributed by atoms with E-state index in [1.54, 1.807) is 0 Å². The van der Waals surface area contributed by atoms with E-state index in [4.69, 9.17) is 9.84 Å². The first-order valence-electron chi connectivity index (χ1n) is 7.00. The molecule has 0 radical (unpaired) electrons. The lowest BCUT2D eigenvalue weighted by Gasteiger charge is -2.09. The van der Waals surface area contributed by atoms with Gasteiger partial charge in [0.25, 0.3) is 0 Å². The van der Waals surface area contributed by atoms with Crippen molar-refractivity contribution in [3.8, 4) is 5.75 Å². The van der Waals surface area contributed by atoms with E-state index in [2.05, 4.69) is 12.2 Å². The number of nitrogens with one attached hydrogen (secondary N) is 1. The Morgan fingerprint density at radius 2 is 2.05 bits per heavy atom. The van der Waals surface area contributed by atoms with Crippen molar-refractivity contribution in [3.63, 3.8) is 0 Å². The number of aliphatic hydroxyl groups is 1. The summed E-state index contributed by atoms with van der Waals surface area (Å²) in [5, 5.41) is 11.9. The smallest absolute Gasteiger partial charge is 0.127 e. The van der Waals surface area contributed by atoms with Gasteiger partial charge in [-0.05, 0) is 49.9 Å². The quantitative estimate of drug-likeness (QED) is 0.642. The van der Waals surface area contributed by atoms with Crippen LogP contribution in [0.4, 0.5) is 4.39 Å². The number of unbranched alkanes of at least 4 members (excludes halogenated alkanes) is 2. The summed E-state index contributed by atoms with van der Waals surface area (Å²) in [6.07, 6.45) is 3.65. The van der Waals surface area contributed by atoms with Crippen molar-refractivity contribution in [2.75, 3.05) is 19.8 Å². The van der Waals surface area contributed by atoms with Crippen molar-refractivity contribution >= 4 is 0 Å². The van der Waals surface area contributed by atoms with Crippen LogP contribution in [0.3, 0.4) is 0 Å². The lowest BCUT2D eigenvalue weighted by atomic mass is 10.2. The van der Waals surface area contributed by atoms with Crippen LogP contribution in [0.1, 0.15) is 38.2 Å². The standard InChI is InChI=1S/C15H24FNO2/c1-2-6-17-12-13-9-14(16)11-15(10-13)19-8-5-3-4-7-18/h9-11,17-18H,2-8,12H2,1H3. The van der Waals surface area contributed by atoms with Crippen LogP contribution in [-0.4, -0.2) is 24.9 Å². The van der Waals surface area contributed by atoms with Crippen LogP contribution in [0.2, 0.25) is 0 Å². The van der Waals surface area contributed by atoms with E-state index in [0.29, 0.717) is 18.9 Å². The summed E-state index contributed by atoms with van der Waals surface area (Å²) in [5.41, 5.74) is 0.902. The summed E-state index contributed by atoms with van der Waals surface area (Å²) < 4.78 is 19.0. The summed E-state index contributed by atoms with van der Waals surface area (Å²) in [6, 6.07) is 4.81. The molecule has 0 aliphatic rings. The van der Waals surface area contributed by atoms with Gasteiger partial charge in [0.15, 0.2) is 0 Å². The molecule has 19 heavy (non-hydrogen) atoms. The Labute approximate surface area is 114 Å². The van der Waals surface area contributed by atoms with Crippen LogP contribution >= 0.6 is 0 Å². The minimum Gasteiger partial charge on any atom is -0.493 e. The molecule has 0 spiro atoms. The molecule has 0 unspecified atom stereocenters. The van der Waals surface area contributed by atoms with Gasteiger partial charge in [-0.3, -0.25) is 0 Å². The predicted molar refractivity (Wildman–Crippen MR) is 74.8 cm³/mol. The molecular formula is C15H24FNO2. The summed E-state index contributed by atoms with van der Waals surface area (Å²) >= 11 is 0. The van der Waals surface area contributed by atoms with Gasteiger partial charge in [0.1, 0.15) is 11.6 Å². The molecule has 0 bridgehead atoms. The van der Waals surface area contributed by atoms with Crippen LogP contribution in [0, 0.1) is 5.82 Å².